The van der Waals surface area contributed by atoms with Gasteiger partial charge in [0.05, 0.1) is 0 Å². The molecule has 0 amide bonds. The summed E-state index contributed by atoms with van der Waals surface area (Å²) in [7, 11) is 0. The molecule has 2 aromatic rings. The van der Waals surface area contributed by atoms with Gasteiger partial charge in [0.15, 0.2) is 11.5 Å². The number of nitrogens with zero attached hydrogens (tertiary/aromatic N) is 1. The number of carboxylic acids is 1. The van der Waals surface area contributed by atoms with E-state index >= 15 is 0 Å². The van der Waals surface area contributed by atoms with Crippen LogP contribution < -0.4 is 0 Å². The fourth-order valence-electron chi connectivity index (χ4n) is 1.38. The Bertz CT molecular complexity index is 568. The minimum absolute atomic E-state index is 0.0907. The molecule has 6 heteroatoms. The van der Waals surface area contributed by atoms with Crippen LogP contribution in [0.3, 0.4) is 0 Å². The van der Waals surface area contributed by atoms with Crippen LogP contribution in [-0.4, -0.2) is 22.5 Å². The van der Waals surface area contributed by atoms with Crippen molar-refractivity contribution in [1.29, 1.82) is 0 Å². The maximum absolute atomic E-state index is 10.7. The van der Waals surface area contributed by atoms with E-state index in [1.807, 2.05) is 24.5 Å². The van der Waals surface area contributed by atoms with E-state index in [0.717, 1.165) is 14.9 Å². The average molecular weight is 314 g/mol. The molecule has 0 aliphatic carbocycles. The number of carbonyl (C=O) groups is 1. The van der Waals surface area contributed by atoms with Crippen molar-refractivity contribution >= 4 is 33.7 Å². The van der Waals surface area contributed by atoms with E-state index in [1.54, 1.807) is 11.8 Å². The van der Waals surface area contributed by atoms with Gasteiger partial charge in [-0.1, -0.05) is 21.1 Å². The average Bonchev–Trinajstić information content (AvgIpc) is 2.78. The van der Waals surface area contributed by atoms with Crippen LogP contribution in [0.4, 0.5) is 0 Å². The van der Waals surface area contributed by atoms with Crippen molar-refractivity contribution in [2.45, 2.75) is 4.90 Å². The monoisotopic (exact) mass is 313 g/mol. The first kappa shape index (κ1) is 12.2. The highest BCUT2D eigenvalue weighted by Crippen LogP contribution is 2.33. The molecule has 0 radical (unpaired) electrons. The summed E-state index contributed by atoms with van der Waals surface area (Å²) in [4.78, 5) is 11.7. The van der Waals surface area contributed by atoms with Gasteiger partial charge in [0.2, 0.25) is 0 Å². The van der Waals surface area contributed by atoms with Gasteiger partial charge in [-0.05, 0) is 24.5 Å². The third-order valence-corrected chi connectivity index (χ3v) is 3.45. The molecule has 88 valence electrons. The number of thioether (sulfide) groups is 1. The first-order valence-electron chi connectivity index (χ1n) is 4.65. The largest absolute Gasteiger partial charge is 0.476 e. The van der Waals surface area contributed by atoms with E-state index in [1.165, 1.54) is 6.07 Å². The summed E-state index contributed by atoms with van der Waals surface area (Å²) in [5.41, 5.74) is 0.735. The number of hydrogen-bond donors (Lipinski definition) is 1. The smallest absolute Gasteiger partial charge is 0.358 e. The fourth-order valence-corrected chi connectivity index (χ4v) is 2.32. The predicted molar refractivity (Wildman–Crippen MR) is 68.4 cm³/mol. The van der Waals surface area contributed by atoms with Crippen LogP contribution in [0.1, 0.15) is 10.5 Å². The third kappa shape index (κ3) is 2.53. The Balaban J connectivity index is 2.51. The van der Waals surface area contributed by atoms with Crippen molar-refractivity contribution in [3.8, 4) is 11.3 Å². The Hall–Kier alpha value is -1.27. The molecule has 17 heavy (non-hydrogen) atoms. The predicted octanol–water partition coefficient (Wildman–Crippen LogP) is 3.52. The van der Waals surface area contributed by atoms with Crippen LogP contribution in [0.5, 0.6) is 0 Å². The van der Waals surface area contributed by atoms with Crippen LogP contribution in [0, 0.1) is 0 Å². The number of hydrogen-bond acceptors (Lipinski definition) is 4. The van der Waals surface area contributed by atoms with E-state index in [9.17, 15) is 4.79 Å². The maximum Gasteiger partial charge on any atom is 0.358 e. The normalized spacial score (nSPS) is 10.5. The van der Waals surface area contributed by atoms with Gasteiger partial charge in [-0.15, -0.1) is 11.8 Å². The summed E-state index contributed by atoms with van der Waals surface area (Å²) in [5.74, 6) is -0.645. The Morgan fingerprint density at radius 1 is 1.47 bits per heavy atom. The molecule has 1 aromatic heterocycles. The minimum atomic E-state index is -1.10. The summed E-state index contributed by atoms with van der Waals surface area (Å²) < 4.78 is 5.95. The maximum atomic E-state index is 10.7. The van der Waals surface area contributed by atoms with Gasteiger partial charge in [0.1, 0.15) is 0 Å². The van der Waals surface area contributed by atoms with E-state index in [0.29, 0.717) is 5.76 Å². The Morgan fingerprint density at radius 2 is 2.24 bits per heavy atom. The lowest BCUT2D eigenvalue weighted by atomic mass is 10.1. The molecule has 1 N–H and O–H groups in total. The summed E-state index contributed by atoms with van der Waals surface area (Å²) in [6.07, 6.45) is 1.95. The number of carboxylic acid groups (broad SMARTS) is 1. The number of aromatic carboxylic acids is 1. The molecule has 1 aromatic carbocycles. The van der Waals surface area contributed by atoms with Crippen LogP contribution in [-0.2, 0) is 0 Å². The van der Waals surface area contributed by atoms with Crippen LogP contribution in [0.15, 0.2) is 38.2 Å². The van der Waals surface area contributed by atoms with E-state index < -0.39 is 5.97 Å². The summed E-state index contributed by atoms with van der Waals surface area (Å²) in [6.45, 7) is 0. The molecule has 4 nitrogen and oxygen atoms in total. The molecule has 0 unspecified atom stereocenters. The minimum Gasteiger partial charge on any atom is -0.476 e. The highest BCUT2D eigenvalue weighted by molar-refractivity contribution is 9.10. The quantitative estimate of drug-likeness (QED) is 0.878. The lowest BCUT2D eigenvalue weighted by Gasteiger charge is -2.03. The van der Waals surface area contributed by atoms with E-state index in [2.05, 4.69) is 21.1 Å². The first-order chi connectivity index (χ1) is 8.11. The third-order valence-electron chi connectivity index (χ3n) is 2.16. The summed E-state index contributed by atoms with van der Waals surface area (Å²) in [6, 6.07) is 7.15. The molecule has 0 atom stereocenters. The van der Waals surface area contributed by atoms with Gasteiger partial charge in [-0.2, -0.15) is 0 Å². The topological polar surface area (TPSA) is 63.3 Å². The Kier molecular flexibility index (Phi) is 3.54. The highest BCUT2D eigenvalue weighted by Gasteiger charge is 2.14. The Labute approximate surface area is 110 Å². The Morgan fingerprint density at radius 3 is 2.82 bits per heavy atom. The van der Waals surface area contributed by atoms with Gasteiger partial charge in [0, 0.05) is 21.0 Å². The number of benzene rings is 1. The molecule has 0 spiro atoms. The van der Waals surface area contributed by atoms with Gasteiger partial charge in [0.25, 0.3) is 0 Å². The lowest BCUT2D eigenvalue weighted by molar-refractivity contribution is 0.0686. The SMILES string of the molecule is CSc1ccc(Br)cc1-c1cc(C(=O)O)no1. The highest BCUT2D eigenvalue weighted by atomic mass is 79.9. The van der Waals surface area contributed by atoms with Gasteiger partial charge >= 0.3 is 5.97 Å². The molecule has 0 aliphatic heterocycles. The summed E-state index contributed by atoms with van der Waals surface area (Å²) >= 11 is 4.93. The van der Waals surface area contributed by atoms with Gasteiger partial charge < -0.3 is 9.63 Å². The molecule has 2 rings (SSSR count). The van der Waals surface area contributed by atoms with Crippen molar-refractivity contribution in [3.05, 3.63) is 34.4 Å². The molecule has 0 aliphatic rings. The van der Waals surface area contributed by atoms with Crippen LogP contribution in [0.25, 0.3) is 11.3 Å². The number of halogens is 1. The first-order valence-corrected chi connectivity index (χ1v) is 6.67. The zero-order valence-corrected chi connectivity index (χ0v) is 11.2. The molecule has 0 bridgehead atoms. The van der Waals surface area contributed by atoms with Crippen molar-refractivity contribution in [3.63, 3.8) is 0 Å². The van der Waals surface area contributed by atoms with Gasteiger partial charge in [-0.3, -0.25) is 0 Å². The molecule has 0 fully saturated rings. The van der Waals surface area contributed by atoms with E-state index in [4.69, 9.17) is 9.63 Å². The number of aromatic nitrogens is 1. The zero-order valence-electron chi connectivity index (χ0n) is 8.81. The van der Waals surface area contributed by atoms with Crippen LogP contribution >= 0.6 is 27.7 Å². The fraction of sp³-hybridized carbons (Fsp3) is 0.0909. The van der Waals surface area contributed by atoms with E-state index in [-0.39, 0.29) is 5.69 Å². The van der Waals surface area contributed by atoms with Crippen LogP contribution in [0.2, 0.25) is 0 Å². The number of rotatable bonds is 3. The second-order valence-corrected chi connectivity index (χ2v) is 4.99. The second-order valence-electron chi connectivity index (χ2n) is 3.23. The molecule has 0 saturated heterocycles. The van der Waals surface area contributed by atoms with Crippen molar-refractivity contribution in [1.82, 2.24) is 5.16 Å². The zero-order chi connectivity index (χ0) is 12.4. The molecule has 0 saturated carbocycles. The van der Waals surface area contributed by atoms with Gasteiger partial charge in [-0.25, -0.2) is 4.79 Å². The molecular weight excluding hydrogens is 306 g/mol. The van der Waals surface area contributed by atoms with Crippen molar-refractivity contribution in [2.24, 2.45) is 0 Å². The molecule has 1 heterocycles. The standard InChI is InChI=1S/C11H8BrNO3S/c1-17-10-3-2-6(12)4-7(10)9-5-8(11(14)15)13-16-9/h2-5H,1H3,(H,14,15). The van der Waals surface area contributed by atoms with Crippen molar-refractivity contribution < 1.29 is 14.4 Å². The van der Waals surface area contributed by atoms with Crippen molar-refractivity contribution in [2.75, 3.05) is 6.26 Å². The molecular formula is C11H8BrNO3S. The lowest BCUT2D eigenvalue weighted by Crippen LogP contribution is -1.94. The summed E-state index contributed by atoms with van der Waals surface area (Å²) in [5, 5.41) is 12.3. The second kappa shape index (κ2) is 4.93.